The van der Waals surface area contributed by atoms with Gasteiger partial charge in [-0.1, -0.05) is 6.42 Å². The van der Waals surface area contributed by atoms with E-state index in [0.29, 0.717) is 6.54 Å². The Hall–Kier alpha value is -0.610. The third kappa shape index (κ3) is 2.63. The Bertz CT molecular complexity index is 265. The van der Waals surface area contributed by atoms with Crippen LogP contribution in [0.3, 0.4) is 0 Å². The summed E-state index contributed by atoms with van der Waals surface area (Å²) in [6.07, 6.45) is 6.73. The minimum absolute atomic E-state index is 0.223. The highest BCUT2D eigenvalue weighted by Gasteiger charge is 2.44. The van der Waals surface area contributed by atoms with E-state index in [1.165, 1.54) is 6.42 Å². The molecule has 98 valence electrons. The van der Waals surface area contributed by atoms with Crippen LogP contribution >= 0.6 is 0 Å². The molecule has 1 amide bonds. The summed E-state index contributed by atoms with van der Waals surface area (Å²) in [7, 11) is 1.88. The molecular weight excluding hydrogens is 216 g/mol. The second-order valence-electron chi connectivity index (χ2n) is 5.51. The van der Waals surface area contributed by atoms with Gasteiger partial charge in [-0.05, 0) is 32.1 Å². The summed E-state index contributed by atoms with van der Waals surface area (Å²) in [4.78, 5) is 14.2. The van der Waals surface area contributed by atoms with E-state index in [0.717, 1.165) is 45.3 Å². The molecule has 2 aliphatic rings. The first-order chi connectivity index (χ1) is 8.18. The molecule has 4 heteroatoms. The first-order valence-electron chi connectivity index (χ1n) is 6.75. The summed E-state index contributed by atoms with van der Waals surface area (Å²) in [6, 6.07) is 0. The zero-order valence-corrected chi connectivity index (χ0v) is 10.8. The molecule has 4 nitrogen and oxygen atoms in total. The molecule has 0 bridgehead atoms. The summed E-state index contributed by atoms with van der Waals surface area (Å²) in [6.45, 7) is 2.05. The Balaban J connectivity index is 1.86. The quantitative estimate of drug-likeness (QED) is 0.802. The van der Waals surface area contributed by atoms with Gasteiger partial charge in [0.2, 0.25) is 5.91 Å². The van der Waals surface area contributed by atoms with Gasteiger partial charge in [0.25, 0.3) is 0 Å². The van der Waals surface area contributed by atoms with Crippen molar-refractivity contribution in [3.63, 3.8) is 0 Å². The predicted octanol–water partition coefficient (Wildman–Crippen LogP) is 1.14. The van der Waals surface area contributed by atoms with Gasteiger partial charge in [-0.15, -0.1) is 0 Å². The Morgan fingerprint density at radius 3 is 2.65 bits per heavy atom. The summed E-state index contributed by atoms with van der Waals surface area (Å²) in [5, 5.41) is 0. The number of hydrogen-bond acceptors (Lipinski definition) is 3. The number of hydrogen-bond donors (Lipinski definition) is 1. The maximum absolute atomic E-state index is 12.3. The van der Waals surface area contributed by atoms with Crippen molar-refractivity contribution < 1.29 is 9.53 Å². The Morgan fingerprint density at radius 2 is 2.18 bits per heavy atom. The summed E-state index contributed by atoms with van der Waals surface area (Å²) < 4.78 is 5.67. The van der Waals surface area contributed by atoms with Crippen molar-refractivity contribution >= 4 is 5.91 Å². The van der Waals surface area contributed by atoms with E-state index in [9.17, 15) is 4.79 Å². The molecule has 1 saturated carbocycles. The SMILES string of the molecule is CN(CC1CCCCO1)C(=O)C1(CN)CCC1. The molecule has 0 aromatic carbocycles. The van der Waals surface area contributed by atoms with Crippen molar-refractivity contribution in [1.82, 2.24) is 4.90 Å². The fourth-order valence-electron chi connectivity index (χ4n) is 2.85. The van der Waals surface area contributed by atoms with Crippen LogP contribution < -0.4 is 5.73 Å². The number of amides is 1. The lowest BCUT2D eigenvalue weighted by Crippen LogP contribution is -2.52. The number of rotatable bonds is 4. The molecule has 0 aromatic rings. The van der Waals surface area contributed by atoms with Gasteiger partial charge in [-0.25, -0.2) is 0 Å². The highest BCUT2D eigenvalue weighted by Crippen LogP contribution is 2.41. The van der Waals surface area contributed by atoms with Crippen LogP contribution in [-0.2, 0) is 9.53 Å². The molecule has 1 atom stereocenters. The lowest BCUT2D eigenvalue weighted by atomic mass is 9.68. The molecule has 2 fully saturated rings. The van der Waals surface area contributed by atoms with Gasteiger partial charge in [0.15, 0.2) is 0 Å². The van der Waals surface area contributed by atoms with Crippen LogP contribution in [0.4, 0.5) is 0 Å². The molecule has 1 heterocycles. The van der Waals surface area contributed by atoms with E-state index in [2.05, 4.69) is 0 Å². The van der Waals surface area contributed by atoms with Crippen molar-refractivity contribution in [1.29, 1.82) is 0 Å². The van der Waals surface area contributed by atoms with Gasteiger partial charge in [-0.3, -0.25) is 4.79 Å². The first kappa shape index (κ1) is 12.8. The van der Waals surface area contributed by atoms with Crippen molar-refractivity contribution in [2.24, 2.45) is 11.1 Å². The molecule has 1 aliphatic carbocycles. The zero-order valence-electron chi connectivity index (χ0n) is 10.8. The van der Waals surface area contributed by atoms with Crippen LogP contribution in [0.5, 0.6) is 0 Å². The van der Waals surface area contributed by atoms with Crippen molar-refractivity contribution in [2.75, 3.05) is 26.7 Å². The second-order valence-corrected chi connectivity index (χ2v) is 5.51. The fraction of sp³-hybridized carbons (Fsp3) is 0.923. The van der Waals surface area contributed by atoms with Crippen LogP contribution in [-0.4, -0.2) is 43.7 Å². The Kier molecular flexibility index (Phi) is 4.05. The van der Waals surface area contributed by atoms with Gasteiger partial charge in [0.05, 0.1) is 11.5 Å². The molecule has 0 spiro atoms. The molecule has 0 radical (unpaired) electrons. The number of ether oxygens (including phenoxy) is 1. The van der Waals surface area contributed by atoms with Crippen LogP contribution in [0.2, 0.25) is 0 Å². The van der Waals surface area contributed by atoms with Crippen LogP contribution in [0.15, 0.2) is 0 Å². The molecule has 2 rings (SSSR count). The van der Waals surface area contributed by atoms with E-state index >= 15 is 0 Å². The molecule has 1 unspecified atom stereocenters. The topological polar surface area (TPSA) is 55.6 Å². The van der Waals surface area contributed by atoms with Crippen molar-refractivity contribution in [3.8, 4) is 0 Å². The third-order valence-corrected chi connectivity index (χ3v) is 4.25. The fourth-order valence-corrected chi connectivity index (χ4v) is 2.85. The van der Waals surface area contributed by atoms with Crippen LogP contribution in [0.25, 0.3) is 0 Å². The predicted molar refractivity (Wildman–Crippen MR) is 66.6 cm³/mol. The number of carbonyl (C=O) groups is 1. The Labute approximate surface area is 103 Å². The molecule has 17 heavy (non-hydrogen) atoms. The van der Waals surface area contributed by atoms with E-state index in [-0.39, 0.29) is 17.4 Å². The van der Waals surface area contributed by atoms with E-state index in [4.69, 9.17) is 10.5 Å². The van der Waals surface area contributed by atoms with E-state index in [1.54, 1.807) is 0 Å². The summed E-state index contributed by atoms with van der Waals surface area (Å²) in [5.41, 5.74) is 5.52. The van der Waals surface area contributed by atoms with Gasteiger partial charge in [0.1, 0.15) is 0 Å². The zero-order chi connectivity index (χ0) is 12.3. The minimum atomic E-state index is -0.247. The average molecular weight is 240 g/mol. The Morgan fingerprint density at radius 1 is 1.41 bits per heavy atom. The molecular formula is C13H24N2O2. The van der Waals surface area contributed by atoms with Crippen molar-refractivity contribution in [2.45, 2.75) is 44.6 Å². The smallest absolute Gasteiger partial charge is 0.229 e. The molecule has 1 aliphatic heterocycles. The standard InChI is InChI=1S/C13H24N2O2/c1-15(9-11-5-2-3-8-17-11)12(16)13(10-14)6-4-7-13/h11H,2-10,14H2,1H3. The largest absolute Gasteiger partial charge is 0.376 e. The number of carbonyl (C=O) groups excluding carboxylic acids is 1. The maximum atomic E-state index is 12.3. The number of nitrogens with zero attached hydrogens (tertiary/aromatic N) is 1. The highest BCUT2D eigenvalue weighted by molar-refractivity contribution is 5.83. The van der Waals surface area contributed by atoms with Gasteiger partial charge in [0, 0.05) is 26.7 Å². The summed E-state index contributed by atoms with van der Waals surface area (Å²) in [5.74, 6) is 0.223. The van der Waals surface area contributed by atoms with Crippen molar-refractivity contribution in [3.05, 3.63) is 0 Å². The van der Waals surface area contributed by atoms with Gasteiger partial charge < -0.3 is 15.4 Å². The minimum Gasteiger partial charge on any atom is -0.376 e. The van der Waals surface area contributed by atoms with Gasteiger partial charge in [-0.2, -0.15) is 0 Å². The molecule has 2 N–H and O–H groups in total. The number of nitrogens with two attached hydrogens (primary N) is 1. The average Bonchev–Trinajstić information content (AvgIpc) is 2.29. The maximum Gasteiger partial charge on any atom is 0.229 e. The first-order valence-corrected chi connectivity index (χ1v) is 6.75. The highest BCUT2D eigenvalue weighted by atomic mass is 16.5. The normalized spacial score (nSPS) is 27.3. The second kappa shape index (κ2) is 5.36. The lowest BCUT2D eigenvalue weighted by Gasteiger charge is -2.42. The molecule has 1 saturated heterocycles. The van der Waals surface area contributed by atoms with Crippen LogP contribution in [0, 0.1) is 5.41 Å². The van der Waals surface area contributed by atoms with E-state index < -0.39 is 0 Å². The monoisotopic (exact) mass is 240 g/mol. The number of likely N-dealkylation sites (N-methyl/N-ethyl adjacent to an activating group) is 1. The summed E-state index contributed by atoms with van der Waals surface area (Å²) >= 11 is 0. The van der Waals surface area contributed by atoms with Gasteiger partial charge >= 0.3 is 0 Å². The third-order valence-electron chi connectivity index (χ3n) is 4.25. The van der Waals surface area contributed by atoms with E-state index in [1.807, 2.05) is 11.9 Å². The molecule has 0 aromatic heterocycles. The lowest BCUT2D eigenvalue weighted by molar-refractivity contribution is -0.147. The van der Waals surface area contributed by atoms with Crippen LogP contribution in [0.1, 0.15) is 38.5 Å².